The first-order valence-corrected chi connectivity index (χ1v) is 13.8. The molecule has 0 radical (unpaired) electrons. The highest BCUT2D eigenvalue weighted by Crippen LogP contribution is 2.42. The van der Waals surface area contributed by atoms with Crippen molar-refractivity contribution in [1.29, 1.82) is 0 Å². The molecule has 1 aromatic rings. The zero-order valence-electron chi connectivity index (χ0n) is 15.7. The molecule has 168 valence electrons. The second-order valence-corrected chi connectivity index (χ2v) is 11.2. The summed E-state index contributed by atoms with van der Waals surface area (Å²) in [5.41, 5.74) is 4.47. The van der Waals surface area contributed by atoms with E-state index in [1.165, 1.54) is 26.3 Å². The molecule has 4 nitrogen and oxygen atoms in total. The van der Waals surface area contributed by atoms with Gasteiger partial charge in [-0.1, -0.05) is 21.6 Å². The minimum absolute atomic E-state index is 0.125. The van der Waals surface area contributed by atoms with Gasteiger partial charge in [0.15, 0.2) is 23.3 Å². The molecule has 0 spiro atoms. The number of nitrogens with two attached hydrogens (primary N) is 1. The highest BCUT2D eigenvalue weighted by atomic mass is 35.5. The van der Waals surface area contributed by atoms with Crippen molar-refractivity contribution in [2.45, 2.75) is 19.8 Å². The summed E-state index contributed by atoms with van der Waals surface area (Å²) in [4.78, 5) is 0. The van der Waals surface area contributed by atoms with Crippen LogP contribution in [0.5, 0.6) is 0 Å². The third-order valence-corrected chi connectivity index (χ3v) is 8.37. The Morgan fingerprint density at radius 1 is 1.00 bits per heavy atom. The monoisotopic (exact) mass is 516 g/mol. The van der Waals surface area contributed by atoms with Gasteiger partial charge in [0.25, 0.3) is 0 Å². The molecule has 0 aliphatic rings. The summed E-state index contributed by atoms with van der Waals surface area (Å²) in [6, 6.07) is 0. The van der Waals surface area contributed by atoms with Crippen LogP contribution in [0.2, 0.25) is 0 Å². The van der Waals surface area contributed by atoms with Gasteiger partial charge in [-0.2, -0.15) is 0 Å². The van der Waals surface area contributed by atoms with Crippen LogP contribution in [-0.4, -0.2) is 47.6 Å². The minimum Gasteiger partial charge on any atom is -0.305 e. The molecule has 13 heteroatoms. The van der Waals surface area contributed by atoms with Crippen molar-refractivity contribution in [3.63, 3.8) is 0 Å². The number of benzene rings is 1. The number of hydrogen-bond donors (Lipinski definition) is 1. The first kappa shape index (κ1) is 27.4. The fraction of sp³-hybridized carbons (Fsp3) is 0.625. The molecule has 1 unspecified atom stereocenters. The van der Waals surface area contributed by atoms with Crippen LogP contribution < -0.4 is 5.50 Å². The Kier molecular flexibility index (Phi) is 12.9. The lowest BCUT2D eigenvalue weighted by molar-refractivity contribution is 0.282. The maximum absolute atomic E-state index is 13.8. The second-order valence-electron chi connectivity index (χ2n) is 5.84. The summed E-state index contributed by atoms with van der Waals surface area (Å²) >= 11 is 11.3. The molecule has 0 aliphatic heterocycles. The molecule has 29 heavy (non-hydrogen) atoms. The van der Waals surface area contributed by atoms with Crippen molar-refractivity contribution >= 4 is 52.5 Å². The predicted molar refractivity (Wildman–Crippen MR) is 115 cm³/mol. The summed E-state index contributed by atoms with van der Waals surface area (Å²) < 4.78 is 73.7. The fourth-order valence-corrected chi connectivity index (χ4v) is 6.26. The summed E-state index contributed by atoms with van der Waals surface area (Å²) in [7, 11) is -0.688. The number of rotatable bonds is 14. The maximum atomic E-state index is 13.8. The largest absolute Gasteiger partial charge is 0.340 e. The predicted octanol–water partition coefficient (Wildman–Crippen LogP) is 5.73. The van der Waals surface area contributed by atoms with Gasteiger partial charge in [-0.25, -0.2) is 27.7 Å². The van der Waals surface area contributed by atoms with Gasteiger partial charge >= 0.3 is 7.67 Å². The molecule has 1 atom stereocenters. The molecule has 0 bridgehead atoms. The van der Waals surface area contributed by atoms with Crippen molar-refractivity contribution in [2.24, 2.45) is 5.50 Å². The molecular weight excluding hydrogens is 494 g/mol. The van der Waals surface area contributed by atoms with Crippen molar-refractivity contribution in [3.8, 4) is 0 Å². The molecule has 0 aliphatic carbocycles. The van der Waals surface area contributed by atoms with Crippen LogP contribution in [0.15, 0.2) is 0 Å². The Morgan fingerprint density at radius 2 is 1.52 bits per heavy atom. The molecule has 0 amide bonds. The van der Waals surface area contributed by atoms with Crippen LogP contribution in [0.25, 0.3) is 0 Å². The van der Waals surface area contributed by atoms with Gasteiger partial charge < -0.3 is 4.52 Å². The van der Waals surface area contributed by atoms with E-state index in [2.05, 4.69) is 0 Å². The summed E-state index contributed by atoms with van der Waals surface area (Å²) in [6.45, 7) is 1.69. The van der Waals surface area contributed by atoms with Gasteiger partial charge in [0.1, 0.15) is 0 Å². The van der Waals surface area contributed by atoms with E-state index in [4.69, 9.17) is 33.2 Å². The van der Waals surface area contributed by atoms with Gasteiger partial charge in [0, 0.05) is 47.5 Å². The van der Waals surface area contributed by atoms with Crippen molar-refractivity contribution < 1.29 is 26.7 Å². The lowest BCUT2D eigenvalue weighted by Crippen LogP contribution is -2.29. The normalized spacial score (nSPS) is 13.8. The van der Waals surface area contributed by atoms with Crippen molar-refractivity contribution in [2.75, 3.05) is 43.0 Å². The van der Waals surface area contributed by atoms with Crippen LogP contribution in [0.3, 0.4) is 0 Å². The second kappa shape index (κ2) is 13.7. The van der Waals surface area contributed by atoms with E-state index in [9.17, 15) is 22.1 Å². The maximum Gasteiger partial charge on any atom is 0.340 e. The van der Waals surface area contributed by atoms with Crippen molar-refractivity contribution in [3.05, 3.63) is 34.4 Å². The van der Waals surface area contributed by atoms with E-state index in [0.29, 0.717) is 17.9 Å². The van der Waals surface area contributed by atoms with E-state index < -0.39 is 42.1 Å². The summed E-state index contributed by atoms with van der Waals surface area (Å²) in [6.07, 6.45) is 0.197. The zero-order chi connectivity index (χ0) is 22.0. The van der Waals surface area contributed by atoms with Crippen LogP contribution in [0.1, 0.15) is 17.5 Å². The Labute approximate surface area is 186 Å². The van der Waals surface area contributed by atoms with Crippen LogP contribution in [-0.2, 0) is 15.5 Å². The molecule has 0 saturated carbocycles. The van der Waals surface area contributed by atoms with Crippen molar-refractivity contribution in [1.82, 2.24) is 4.67 Å². The van der Waals surface area contributed by atoms with E-state index in [-0.39, 0.29) is 37.9 Å². The molecule has 2 N–H and O–H groups in total. The molecule has 1 rings (SSSR count). The zero-order valence-corrected chi connectivity index (χ0v) is 19.8. The molecular formula is C16H23Cl2F4N2O2PS2. The highest BCUT2D eigenvalue weighted by Gasteiger charge is 2.26. The third-order valence-electron chi connectivity index (χ3n) is 3.83. The highest BCUT2D eigenvalue weighted by molar-refractivity contribution is 8.76. The van der Waals surface area contributed by atoms with E-state index in [1.807, 2.05) is 0 Å². The first-order chi connectivity index (χ1) is 13.7. The van der Waals surface area contributed by atoms with Crippen LogP contribution in [0, 0.1) is 30.2 Å². The van der Waals surface area contributed by atoms with Gasteiger partial charge in [0.2, 0.25) is 0 Å². The topological polar surface area (TPSA) is 55.6 Å². The number of hydrogen-bond acceptors (Lipinski definition) is 4. The number of nitrogens with zero attached hydrogens (tertiary/aromatic N) is 1. The van der Waals surface area contributed by atoms with E-state index >= 15 is 0 Å². The molecule has 0 fully saturated rings. The van der Waals surface area contributed by atoms with Gasteiger partial charge in [-0.15, -0.1) is 23.2 Å². The molecule has 0 saturated heterocycles. The fourth-order valence-electron chi connectivity index (χ4n) is 2.30. The smallest absolute Gasteiger partial charge is 0.305 e. The average molecular weight is 517 g/mol. The van der Waals surface area contributed by atoms with E-state index in [0.717, 1.165) is 6.92 Å². The van der Waals surface area contributed by atoms with Gasteiger partial charge in [0.05, 0.1) is 6.61 Å². The SMILES string of the molecule is Cc1c(F)c(F)c(CCCSSCCOP(N)(=O)N(CCCl)CCCl)c(F)c1F. The summed E-state index contributed by atoms with van der Waals surface area (Å²) in [5, 5.41) is 0. The lowest BCUT2D eigenvalue weighted by Gasteiger charge is -2.26. The third kappa shape index (κ3) is 8.41. The number of alkyl halides is 2. The molecule has 1 aromatic carbocycles. The van der Waals surface area contributed by atoms with Crippen LogP contribution >= 0.6 is 52.5 Å². The number of halogens is 6. The quantitative estimate of drug-likeness (QED) is 0.0850. The van der Waals surface area contributed by atoms with Gasteiger partial charge in [-0.05, 0) is 19.8 Å². The Morgan fingerprint density at radius 3 is 2.03 bits per heavy atom. The Balaban J connectivity index is 2.33. The lowest BCUT2D eigenvalue weighted by atomic mass is 10.0. The summed E-state index contributed by atoms with van der Waals surface area (Å²) in [5.74, 6) is -3.97. The molecule has 0 aromatic heterocycles. The first-order valence-electron chi connectivity index (χ1n) is 8.63. The molecule has 0 heterocycles. The average Bonchev–Trinajstić information content (AvgIpc) is 2.68. The standard InChI is InChI=1S/C16H23Cl2F4N2O2PS2/c1-11-13(19)15(21)12(16(22)14(11)20)3-2-9-28-29-10-8-26-27(23,25)24(6-4-17)7-5-18/h2-10H2,1H3,(H2,23,25). The van der Waals surface area contributed by atoms with Gasteiger partial charge in [-0.3, -0.25) is 4.57 Å². The minimum atomic E-state index is -3.47. The Hall–Kier alpha value is 0.330. The Bertz CT molecular complexity index is 687. The van der Waals surface area contributed by atoms with E-state index in [1.54, 1.807) is 0 Å². The van der Waals surface area contributed by atoms with Crippen LogP contribution in [0.4, 0.5) is 17.6 Å².